The summed E-state index contributed by atoms with van der Waals surface area (Å²) in [7, 11) is 3.90. The molecule has 4 aromatic rings. The number of pyridine rings is 1. The van der Waals surface area contributed by atoms with E-state index in [0.29, 0.717) is 17.3 Å². The summed E-state index contributed by atoms with van der Waals surface area (Å²) < 4.78 is 1.55. The van der Waals surface area contributed by atoms with Crippen molar-refractivity contribution in [2.75, 3.05) is 26.0 Å². The number of thiazole rings is 1. The number of benzene rings is 1. The standard InChI is InChI=1S/C27H29N5O2S/c1-5-23-17-29-27(35-23)30-26(34)18(2)19-8-6-9-20(14-19)22-15-21-11-13-32(25(21)28-16-22)24(33)10-7-12-31(3)4/h6-11,13-18H,5,12H2,1-4H3,(H,29,30,34)/b10-7+/t18-/m0/s1. The molecule has 0 saturated carbocycles. The van der Waals surface area contributed by atoms with E-state index in [9.17, 15) is 9.59 Å². The molecule has 0 aliphatic rings. The highest BCUT2D eigenvalue weighted by molar-refractivity contribution is 7.15. The van der Waals surface area contributed by atoms with Gasteiger partial charge in [0.15, 0.2) is 5.13 Å². The molecule has 0 radical (unpaired) electrons. The van der Waals surface area contributed by atoms with E-state index >= 15 is 0 Å². The summed E-state index contributed by atoms with van der Waals surface area (Å²) in [5.41, 5.74) is 3.41. The number of nitrogens with zero attached hydrogens (tertiary/aromatic N) is 4. The molecule has 0 unspecified atom stereocenters. The summed E-state index contributed by atoms with van der Waals surface area (Å²) in [6.45, 7) is 4.65. The van der Waals surface area contributed by atoms with Crippen molar-refractivity contribution in [1.82, 2.24) is 19.4 Å². The topological polar surface area (TPSA) is 80.1 Å². The van der Waals surface area contributed by atoms with Crippen LogP contribution in [0.1, 0.15) is 35.0 Å². The lowest BCUT2D eigenvalue weighted by Crippen LogP contribution is -2.18. The lowest BCUT2D eigenvalue weighted by atomic mass is 9.96. The Hall–Kier alpha value is -3.62. The molecule has 1 N–H and O–H groups in total. The van der Waals surface area contributed by atoms with Crippen molar-refractivity contribution in [3.8, 4) is 11.1 Å². The van der Waals surface area contributed by atoms with Gasteiger partial charge in [0.1, 0.15) is 5.65 Å². The molecule has 4 rings (SSSR count). The number of carbonyl (C=O) groups is 2. The molecule has 0 fully saturated rings. The van der Waals surface area contributed by atoms with Crippen LogP contribution in [0.4, 0.5) is 5.13 Å². The first-order chi connectivity index (χ1) is 16.9. The molecule has 3 heterocycles. The third-order valence-corrected chi connectivity index (χ3v) is 6.80. The Morgan fingerprint density at radius 2 is 1.97 bits per heavy atom. The maximum Gasteiger partial charge on any atom is 0.255 e. The van der Waals surface area contributed by atoms with Gasteiger partial charge in [-0.1, -0.05) is 37.3 Å². The zero-order chi connectivity index (χ0) is 24.9. The summed E-state index contributed by atoms with van der Waals surface area (Å²) in [5.74, 6) is -0.561. The second-order valence-electron chi connectivity index (χ2n) is 8.65. The van der Waals surface area contributed by atoms with Gasteiger partial charge in [-0.2, -0.15) is 0 Å². The Morgan fingerprint density at radius 1 is 1.14 bits per heavy atom. The molecule has 1 aromatic carbocycles. The number of fused-ring (bicyclic) bond motifs is 1. The predicted octanol–water partition coefficient (Wildman–Crippen LogP) is 5.22. The maximum atomic E-state index is 12.8. The average Bonchev–Trinajstić information content (AvgIpc) is 3.49. The largest absolute Gasteiger partial charge is 0.306 e. The van der Waals surface area contributed by atoms with Crippen LogP contribution in [0.3, 0.4) is 0 Å². The maximum absolute atomic E-state index is 12.8. The fourth-order valence-electron chi connectivity index (χ4n) is 3.69. The molecular formula is C27H29N5O2S. The number of hydrogen-bond donors (Lipinski definition) is 1. The van der Waals surface area contributed by atoms with E-state index in [1.165, 1.54) is 11.3 Å². The fourth-order valence-corrected chi connectivity index (χ4v) is 4.44. The van der Waals surface area contributed by atoms with Gasteiger partial charge in [0, 0.05) is 47.0 Å². The minimum Gasteiger partial charge on any atom is -0.306 e. The summed E-state index contributed by atoms with van der Waals surface area (Å²) in [5, 5.41) is 4.43. The Balaban J connectivity index is 1.52. The van der Waals surface area contributed by atoms with Gasteiger partial charge in [0.2, 0.25) is 5.91 Å². The highest BCUT2D eigenvalue weighted by Crippen LogP contribution is 2.28. The first kappa shape index (κ1) is 24.5. The van der Waals surface area contributed by atoms with Gasteiger partial charge in [0.25, 0.3) is 5.91 Å². The van der Waals surface area contributed by atoms with Crippen molar-refractivity contribution < 1.29 is 9.59 Å². The van der Waals surface area contributed by atoms with Crippen molar-refractivity contribution in [3.63, 3.8) is 0 Å². The van der Waals surface area contributed by atoms with Crippen molar-refractivity contribution in [2.24, 2.45) is 0 Å². The van der Waals surface area contributed by atoms with Crippen molar-refractivity contribution in [3.05, 3.63) is 77.6 Å². The van der Waals surface area contributed by atoms with Crippen molar-refractivity contribution in [2.45, 2.75) is 26.2 Å². The van der Waals surface area contributed by atoms with E-state index in [1.54, 1.807) is 29.2 Å². The van der Waals surface area contributed by atoms with Gasteiger partial charge in [-0.05, 0) is 50.7 Å². The van der Waals surface area contributed by atoms with E-state index in [1.807, 2.05) is 68.4 Å². The van der Waals surface area contributed by atoms with Gasteiger partial charge in [-0.3, -0.25) is 14.2 Å². The first-order valence-corrected chi connectivity index (χ1v) is 12.4. The molecule has 8 heteroatoms. The van der Waals surface area contributed by atoms with Crippen LogP contribution in [-0.4, -0.2) is 51.9 Å². The highest BCUT2D eigenvalue weighted by atomic mass is 32.1. The SMILES string of the molecule is CCc1cnc(NC(=O)[C@@H](C)c2cccc(-c3cnc4c(ccn4C(=O)/C=C/CN(C)C)c3)c2)s1. The molecular weight excluding hydrogens is 458 g/mol. The van der Waals surface area contributed by atoms with Crippen LogP contribution < -0.4 is 5.32 Å². The molecule has 3 aromatic heterocycles. The monoisotopic (exact) mass is 487 g/mol. The molecule has 1 amide bonds. The number of aromatic nitrogens is 3. The highest BCUT2D eigenvalue weighted by Gasteiger charge is 2.18. The van der Waals surface area contributed by atoms with Gasteiger partial charge in [-0.15, -0.1) is 11.3 Å². The normalized spacial score (nSPS) is 12.5. The predicted molar refractivity (Wildman–Crippen MR) is 142 cm³/mol. The zero-order valence-corrected chi connectivity index (χ0v) is 21.2. The number of anilines is 1. The summed E-state index contributed by atoms with van der Waals surface area (Å²) >= 11 is 1.50. The van der Waals surface area contributed by atoms with Crippen LogP contribution >= 0.6 is 11.3 Å². The van der Waals surface area contributed by atoms with Crippen LogP contribution in [0.5, 0.6) is 0 Å². The second-order valence-corrected chi connectivity index (χ2v) is 9.76. The van der Waals surface area contributed by atoms with E-state index in [0.717, 1.165) is 33.4 Å². The minimum absolute atomic E-state index is 0.0920. The van der Waals surface area contributed by atoms with Gasteiger partial charge < -0.3 is 10.2 Å². The lowest BCUT2D eigenvalue weighted by molar-refractivity contribution is -0.117. The van der Waals surface area contributed by atoms with Gasteiger partial charge in [-0.25, -0.2) is 9.97 Å². The van der Waals surface area contributed by atoms with Crippen LogP contribution in [0, 0.1) is 0 Å². The minimum atomic E-state index is -0.340. The molecule has 1 atom stereocenters. The number of carbonyl (C=O) groups excluding carboxylic acids is 2. The lowest BCUT2D eigenvalue weighted by Gasteiger charge is -2.13. The smallest absolute Gasteiger partial charge is 0.255 e. The zero-order valence-electron chi connectivity index (χ0n) is 20.4. The number of amides is 1. The summed E-state index contributed by atoms with van der Waals surface area (Å²) in [4.78, 5) is 37.4. The van der Waals surface area contributed by atoms with E-state index < -0.39 is 0 Å². The van der Waals surface area contributed by atoms with Gasteiger partial charge in [0.05, 0.1) is 5.92 Å². The number of aryl methyl sites for hydroxylation is 1. The quantitative estimate of drug-likeness (QED) is 0.345. The first-order valence-electron chi connectivity index (χ1n) is 11.5. The molecule has 0 saturated heterocycles. The number of likely N-dealkylation sites (N-methyl/N-ethyl adjacent to an activating group) is 1. The number of hydrogen-bond acceptors (Lipinski definition) is 6. The van der Waals surface area contributed by atoms with Crippen LogP contribution in [0.15, 0.2) is 67.1 Å². The van der Waals surface area contributed by atoms with E-state index in [-0.39, 0.29) is 17.7 Å². The molecule has 0 bridgehead atoms. The molecule has 35 heavy (non-hydrogen) atoms. The summed E-state index contributed by atoms with van der Waals surface area (Å²) in [6, 6.07) is 11.8. The van der Waals surface area contributed by atoms with Gasteiger partial charge >= 0.3 is 0 Å². The number of allylic oxidation sites excluding steroid dienone is 1. The molecule has 0 spiro atoms. The summed E-state index contributed by atoms with van der Waals surface area (Å²) in [6.07, 6.45) is 9.61. The molecule has 7 nitrogen and oxygen atoms in total. The molecule has 0 aliphatic heterocycles. The third-order valence-electron chi connectivity index (χ3n) is 5.74. The van der Waals surface area contributed by atoms with E-state index in [2.05, 4.69) is 22.2 Å². The second kappa shape index (κ2) is 10.8. The van der Waals surface area contributed by atoms with Crippen LogP contribution in [0.25, 0.3) is 22.2 Å². The Morgan fingerprint density at radius 3 is 2.71 bits per heavy atom. The van der Waals surface area contributed by atoms with Crippen molar-refractivity contribution >= 4 is 39.3 Å². The number of nitrogens with one attached hydrogen (secondary N) is 1. The van der Waals surface area contributed by atoms with Crippen LogP contribution in [0.2, 0.25) is 0 Å². The van der Waals surface area contributed by atoms with Crippen molar-refractivity contribution in [1.29, 1.82) is 0 Å². The average molecular weight is 488 g/mol. The number of rotatable bonds is 8. The van der Waals surface area contributed by atoms with Crippen LogP contribution in [-0.2, 0) is 11.2 Å². The Kier molecular flexibility index (Phi) is 7.53. The molecule has 180 valence electrons. The molecule has 0 aliphatic carbocycles. The Labute approximate surface area is 209 Å². The van der Waals surface area contributed by atoms with E-state index in [4.69, 9.17) is 0 Å². The Bertz CT molecular complexity index is 1390. The fraction of sp³-hybridized carbons (Fsp3) is 0.259. The third kappa shape index (κ3) is 5.72.